The molecule has 128 valence electrons. The summed E-state index contributed by atoms with van der Waals surface area (Å²) in [5.41, 5.74) is -0.885. The molecule has 1 fully saturated rings. The summed E-state index contributed by atoms with van der Waals surface area (Å²) in [6.07, 6.45) is -2.85. The van der Waals surface area contributed by atoms with E-state index in [2.05, 4.69) is 6.92 Å². The zero-order chi connectivity index (χ0) is 17.4. The van der Waals surface area contributed by atoms with Crippen LogP contribution in [0, 0.1) is 5.92 Å². The second-order valence-corrected chi connectivity index (χ2v) is 7.48. The maximum absolute atomic E-state index is 13.4. The van der Waals surface area contributed by atoms with E-state index in [1.807, 2.05) is 20.8 Å². The average Bonchev–Trinajstić information content (AvgIpc) is 2.45. The molecule has 0 bridgehead atoms. The van der Waals surface area contributed by atoms with Crippen molar-refractivity contribution in [1.82, 2.24) is 4.90 Å². The molecule has 0 N–H and O–H groups in total. The summed E-state index contributed by atoms with van der Waals surface area (Å²) >= 11 is 0. The fourth-order valence-electron chi connectivity index (χ4n) is 2.81. The Balaban J connectivity index is 2.39. The monoisotopic (exact) mass is 327 g/mol. The van der Waals surface area contributed by atoms with Crippen molar-refractivity contribution in [2.24, 2.45) is 5.92 Å². The Morgan fingerprint density at radius 3 is 2.17 bits per heavy atom. The minimum absolute atomic E-state index is 0.236. The SMILES string of the molecule is CC1CCN(C(=O)c2ccc(C(C)(C)C)cc2C(F)(F)F)CC1. The number of rotatable bonds is 1. The van der Waals surface area contributed by atoms with Crippen LogP contribution in [0.3, 0.4) is 0 Å². The predicted octanol–water partition coefficient (Wildman–Crippen LogP) is 4.88. The number of hydrogen-bond donors (Lipinski definition) is 0. The van der Waals surface area contributed by atoms with Crippen molar-refractivity contribution in [2.45, 2.75) is 52.1 Å². The molecule has 1 amide bonds. The second kappa shape index (κ2) is 6.17. The van der Waals surface area contributed by atoms with Crippen LogP contribution in [-0.2, 0) is 11.6 Å². The zero-order valence-electron chi connectivity index (χ0n) is 14.1. The molecular formula is C18H24F3NO. The van der Waals surface area contributed by atoms with Gasteiger partial charge in [0.2, 0.25) is 0 Å². The summed E-state index contributed by atoms with van der Waals surface area (Å²) in [5.74, 6) is 0.00841. The molecule has 0 aliphatic carbocycles. The van der Waals surface area contributed by atoms with Crippen LogP contribution in [0.15, 0.2) is 18.2 Å². The number of amides is 1. The molecule has 1 aliphatic heterocycles. The molecule has 2 nitrogen and oxygen atoms in total. The third-order valence-electron chi connectivity index (χ3n) is 4.49. The van der Waals surface area contributed by atoms with Crippen LogP contribution in [0.5, 0.6) is 0 Å². The van der Waals surface area contributed by atoms with E-state index in [9.17, 15) is 18.0 Å². The number of carbonyl (C=O) groups is 1. The zero-order valence-corrected chi connectivity index (χ0v) is 14.1. The van der Waals surface area contributed by atoms with Gasteiger partial charge in [0.05, 0.1) is 11.1 Å². The van der Waals surface area contributed by atoms with Crippen molar-refractivity contribution >= 4 is 5.91 Å². The first-order chi connectivity index (χ1) is 10.5. The number of piperidine rings is 1. The van der Waals surface area contributed by atoms with E-state index < -0.39 is 23.1 Å². The summed E-state index contributed by atoms with van der Waals surface area (Å²) in [6.45, 7) is 8.72. The highest BCUT2D eigenvalue weighted by molar-refractivity contribution is 5.96. The number of nitrogens with zero attached hydrogens (tertiary/aromatic N) is 1. The first kappa shape index (κ1) is 17.8. The maximum atomic E-state index is 13.4. The molecule has 1 heterocycles. The van der Waals surface area contributed by atoms with E-state index in [0.29, 0.717) is 24.6 Å². The topological polar surface area (TPSA) is 20.3 Å². The predicted molar refractivity (Wildman–Crippen MR) is 84.4 cm³/mol. The number of halogens is 3. The summed E-state index contributed by atoms with van der Waals surface area (Å²) in [4.78, 5) is 14.1. The van der Waals surface area contributed by atoms with Gasteiger partial charge in [-0.15, -0.1) is 0 Å². The fourth-order valence-corrected chi connectivity index (χ4v) is 2.81. The first-order valence-corrected chi connectivity index (χ1v) is 8.01. The minimum Gasteiger partial charge on any atom is -0.339 e. The normalized spacial score (nSPS) is 17.4. The van der Waals surface area contributed by atoms with Crippen molar-refractivity contribution in [3.63, 3.8) is 0 Å². The Bertz CT molecular complexity index is 579. The van der Waals surface area contributed by atoms with Gasteiger partial charge in [0.1, 0.15) is 0 Å². The maximum Gasteiger partial charge on any atom is 0.417 e. The van der Waals surface area contributed by atoms with Crippen LogP contribution < -0.4 is 0 Å². The number of alkyl halides is 3. The number of benzene rings is 1. The van der Waals surface area contributed by atoms with Gasteiger partial charge in [0.25, 0.3) is 5.91 Å². The van der Waals surface area contributed by atoms with E-state index >= 15 is 0 Å². The quantitative estimate of drug-likeness (QED) is 0.720. The summed E-state index contributed by atoms with van der Waals surface area (Å²) < 4.78 is 40.3. The highest BCUT2D eigenvalue weighted by atomic mass is 19.4. The fraction of sp³-hybridized carbons (Fsp3) is 0.611. The van der Waals surface area contributed by atoms with Crippen LogP contribution in [0.4, 0.5) is 13.2 Å². The summed E-state index contributed by atoms with van der Waals surface area (Å²) in [7, 11) is 0. The van der Waals surface area contributed by atoms with E-state index in [-0.39, 0.29) is 5.56 Å². The van der Waals surface area contributed by atoms with Crippen molar-refractivity contribution < 1.29 is 18.0 Å². The summed E-state index contributed by atoms with van der Waals surface area (Å²) in [5, 5.41) is 0. The van der Waals surface area contributed by atoms with Crippen LogP contribution >= 0.6 is 0 Å². The molecule has 0 unspecified atom stereocenters. The van der Waals surface area contributed by atoms with Crippen molar-refractivity contribution in [3.8, 4) is 0 Å². The van der Waals surface area contributed by atoms with Crippen LogP contribution in [0.2, 0.25) is 0 Å². The van der Waals surface area contributed by atoms with E-state index in [1.54, 1.807) is 11.0 Å². The Morgan fingerprint density at radius 2 is 1.70 bits per heavy atom. The molecule has 0 aromatic heterocycles. The molecule has 0 radical (unpaired) electrons. The minimum atomic E-state index is -4.53. The van der Waals surface area contributed by atoms with Gasteiger partial charge in [-0.2, -0.15) is 13.2 Å². The van der Waals surface area contributed by atoms with Crippen molar-refractivity contribution in [1.29, 1.82) is 0 Å². The third-order valence-corrected chi connectivity index (χ3v) is 4.49. The van der Waals surface area contributed by atoms with Gasteiger partial charge in [-0.05, 0) is 41.9 Å². The lowest BCUT2D eigenvalue weighted by Crippen LogP contribution is -2.38. The highest BCUT2D eigenvalue weighted by Gasteiger charge is 2.37. The Morgan fingerprint density at radius 1 is 1.13 bits per heavy atom. The molecular weight excluding hydrogens is 303 g/mol. The Kier molecular flexibility index (Phi) is 4.79. The van der Waals surface area contributed by atoms with Gasteiger partial charge in [-0.1, -0.05) is 33.8 Å². The molecule has 1 saturated heterocycles. The number of carbonyl (C=O) groups excluding carboxylic acids is 1. The lowest BCUT2D eigenvalue weighted by molar-refractivity contribution is -0.138. The van der Waals surface area contributed by atoms with Gasteiger partial charge in [0.15, 0.2) is 0 Å². The summed E-state index contributed by atoms with van der Waals surface area (Å²) in [6, 6.07) is 4.10. The molecule has 0 atom stereocenters. The van der Waals surface area contributed by atoms with Crippen molar-refractivity contribution in [3.05, 3.63) is 34.9 Å². The van der Waals surface area contributed by atoms with Gasteiger partial charge < -0.3 is 4.90 Å². The molecule has 1 aliphatic rings. The molecule has 0 saturated carbocycles. The van der Waals surface area contributed by atoms with Crippen LogP contribution in [0.1, 0.15) is 62.0 Å². The molecule has 5 heteroatoms. The van der Waals surface area contributed by atoms with Gasteiger partial charge >= 0.3 is 6.18 Å². The molecule has 1 aromatic carbocycles. The molecule has 0 spiro atoms. The lowest BCUT2D eigenvalue weighted by atomic mass is 9.85. The first-order valence-electron chi connectivity index (χ1n) is 8.01. The van der Waals surface area contributed by atoms with Crippen LogP contribution in [-0.4, -0.2) is 23.9 Å². The van der Waals surface area contributed by atoms with E-state index in [1.165, 1.54) is 6.07 Å². The second-order valence-electron chi connectivity index (χ2n) is 7.48. The van der Waals surface area contributed by atoms with Crippen molar-refractivity contribution in [2.75, 3.05) is 13.1 Å². The van der Waals surface area contributed by atoms with Gasteiger partial charge in [-0.25, -0.2) is 0 Å². The third kappa shape index (κ3) is 4.06. The standard InChI is InChI=1S/C18H24F3NO/c1-12-7-9-22(10-8-12)16(23)14-6-5-13(17(2,3)4)11-15(14)18(19,20)21/h5-6,11-12H,7-10H2,1-4H3. The molecule has 1 aromatic rings. The Labute approximate surface area is 135 Å². The molecule has 23 heavy (non-hydrogen) atoms. The number of likely N-dealkylation sites (tertiary alicyclic amines) is 1. The largest absolute Gasteiger partial charge is 0.417 e. The van der Waals surface area contributed by atoms with Crippen LogP contribution in [0.25, 0.3) is 0 Å². The van der Waals surface area contributed by atoms with Gasteiger partial charge in [-0.3, -0.25) is 4.79 Å². The molecule has 2 rings (SSSR count). The lowest BCUT2D eigenvalue weighted by Gasteiger charge is -2.31. The van der Waals surface area contributed by atoms with E-state index in [4.69, 9.17) is 0 Å². The Hall–Kier alpha value is -1.52. The highest BCUT2D eigenvalue weighted by Crippen LogP contribution is 2.36. The average molecular weight is 327 g/mol. The van der Waals surface area contributed by atoms with E-state index in [0.717, 1.165) is 18.9 Å². The van der Waals surface area contributed by atoms with Gasteiger partial charge in [0, 0.05) is 13.1 Å². The smallest absolute Gasteiger partial charge is 0.339 e. The number of hydrogen-bond acceptors (Lipinski definition) is 1.